The predicted molar refractivity (Wildman–Crippen MR) is 87.4 cm³/mol. The first kappa shape index (κ1) is 14.7. The number of hydrogen-bond donors (Lipinski definition) is 1. The number of benzene rings is 1. The van der Waals surface area contributed by atoms with E-state index in [-0.39, 0.29) is 11.7 Å². The summed E-state index contributed by atoms with van der Waals surface area (Å²) in [5.74, 6) is 1.70. The van der Waals surface area contributed by atoms with Crippen molar-refractivity contribution >= 4 is 11.6 Å². The summed E-state index contributed by atoms with van der Waals surface area (Å²) in [6.07, 6.45) is 3.51. The van der Waals surface area contributed by atoms with Crippen molar-refractivity contribution in [1.82, 2.24) is 9.97 Å². The van der Waals surface area contributed by atoms with Gasteiger partial charge in [-0.15, -0.1) is 0 Å². The van der Waals surface area contributed by atoms with Crippen molar-refractivity contribution in [2.24, 2.45) is 0 Å². The van der Waals surface area contributed by atoms with Gasteiger partial charge in [-0.05, 0) is 12.0 Å². The number of carbonyl (C=O) groups is 1. The Morgan fingerprint density at radius 2 is 2.00 bits per heavy atom. The van der Waals surface area contributed by atoms with Crippen molar-refractivity contribution in [3.63, 3.8) is 0 Å². The number of fused-ring (bicyclic) bond motifs is 1. The van der Waals surface area contributed by atoms with Gasteiger partial charge in [-0.1, -0.05) is 43.7 Å². The van der Waals surface area contributed by atoms with Crippen molar-refractivity contribution in [2.75, 3.05) is 12.4 Å². The molecule has 1 aliphatic rings. The molecule has 0 saturated carbocycles. The second kappa shape index (κ2) is 6.26. The Balaban J connectivity index is 2.07. The normalized spacial score (nSPS) is 16.6. The van der Waals surface area contributed by atoms with Crippen LogP contribution in [-0.4, -0.2) is 22.8 Å². The molecule has 0 bridgehead atoms. The maximum atomic E-state index is 12.4. The summed E-state index contributed by atoms with van der Waals surface area (Å²) >= 11 is 0. The number of carbonyl (C=O) groups excluding carboxylic acids is 1. The van der Waals surface area contributed by atoms with Gasteiger partial charge in [0, 0.05) is 25.8 Å². The van der Waals surface area contributed by atoms with Gasteiger partial charge < -0.3 is 5.32 Å². The number of Topliss-reactive ketones (excluding diaryl/α,β-unsaturated/α-hetero) is 1. The molecule has 1 N–H and O–H groups in total. The Bertz CT molecular complexity index is 682. The molecule has 114 valence electrons. The highest BCUT2D eigenvalue weighted by Gasteiger charge is 2.35. The predicted octanol–water partition coefficient (Wildman–Crippen LogP) is 3.58. The second-order valence-electron chi connectivity index (χ2n) is 5.69. The topological polar surface area (TPSA) is 54.9 Å². The van der Waals surface area contributed by atoms with E-state index >= 15 is 0 Å². The maximum Gasteiger partial charge on any atom is 0.169 e. The average molecular weight is 295 g/mol. The zero-order valence-corrected chi connectivity index (χ0v) is 13.1. The molecule has 0 aliphatic heterocycles. The number of anilines is 1. The van der Waals surface area contributed by atoms with Gasteiger partial charge in [-0.3, -0.25) is 4.79 Å². The highest BCUT2D eigenvalue weighted by Crippen LogP contribution is 2.39. The minimum absolute atomic E-state index is 0.0548. The first-order chi connectivity index (χ1) is 10.7. The van der Waals surface area contributed by atoms with Crippen LogP contribution in [0.25, 0.3) is 0 Å². The third kappa shape index (κ3) is 2.61. The van der Waals surface area contributed by atoms with E-state index in [4.69, 9.17) is 4.98 Å². The van der Waals surface area contributed by atoms with Crippen LogP contribution in [0.3, 0.4) is 0 Å². The zero-order chi connectivity index (χ0) is 15.5. The fourth-order valence-electron chi connectivity index (χ4n) is 3.03. The fraction of sp³-hybridized carbons (Fsp3) is 0.389. The van der Waals surface area contributed by atoms with Crippen LogP contribution in [-0.2, 0) is 6.42 Å². The van der Waals surface area contributed by atoms with Crippen LogP contribution in [0.4, 0.5) is 5.82 Å². The summed E-state index contributed by atoms with van der Waals surface area (Å²) in [5, 5.41) is 3.07. The van der Waals surface area contributed by atoms with Gasteiger partial charge in [0.2, 0.25) is 0 Å². The van der Waals surface area contributed by atoms with Crippen molar-refractivity contribution < 1.29 is 4.79 Å². The molecule has 4 nitrogen and oxygen atoms in total. The van der Waals surface area contributed by atoms with E-state index in [0.717, 1.165) is 36.3 Å². The van der Waals surface area contributed by atoms with E-state index in [1.165, 1.54) is 0 Å². The van der Waals surface area contributed by atoms with Crippen LogP contribution in [0.1, 0.15) is 59.5 Å². The number of unbranched alkanes of at least 4 members (excludes halogenated alkanes) is 1. The fourth-order valence-corrected chi connectivity index (χ4v) is 3.03. The summed E-state index contributed by atoms with van der Waals surface area (Å²) in [5.41, 5.74) is 2.72. The zero-order valence-electron chi connectivity index (χ0n) is 13.1. The highest BCUT2D eigenvalue weighted by molar-refractivity contribution is 6.05. The molecule has 1 aromatic carbocycles. The quantitative estimate of drug-likeness (QED) is 0.916. The van der Waals surface area contributed by atoms with E-state index < -0.39 is 0 Å². The molecule has 1 heterocycles. The molecule has 0 radical (unpaired) electrons. The van der Waals surface area contributed by atoms with E-state index in [0.29, 0.717) is 17.8 Å². The smallest absolute Gasteiger partial charge is 0.169 e. The lowest BCUT2D eigenvalue weighted by Crippen LogP contribution is -2.09. The largest absolute Gasteiger partial charge is 0.372 e. The second-order valence-corrected chi connectivity index (χ2v) is 5.69. The molecule has 1 atom stereocenters. The lowest BCUT2D eigenvalue weighted by molar-refractivity contribution is 0.0992. The van der Waals surface area contributed by atoms with Gasteiger partial charge in [-0.2, -0.15) is 0 Å². The molecule has 22 heavy (non-hydrogen) atoms. The minimum Gasteiger partial charge on any atom is -0.372 e. The molecule has 4 heteroatoms. The Labute approximate surface area is 131 Å². The molecule has 0 saturated heterocycles. The van der Waals surface area contributed by atoms with Gasteiger partial charge in [-0.25, -0.2) is 9.97 Å². The van der Waals surface area contributed by atoms with Gasteiger partial charge in [0.25, 0.3) is 0 Å². The SMILES string of the molecule is CCCCc1nc(NC)c2c(n1)C(c1ccccc1)CC2=O. The molecule has 0 fully saturated rings. The third-order valence-corrected chi connectivity index (χ3v) is 4.17. The van der Waals surface area contributed by atoms with Gasteiger partial charge >= 0.3 is 0 Å². The van der Waals surface area contributed by atoms with Crippen LogP contribution < -0.4 is 5.32 Å². The van der Waals surface area contributed by atoms with Gasteiger partial charge in [0.15, 0.2) is 5.78 Å². The Hall–Kier alpha value is -2.23. The molecule has 3 rings (SSSR count). The molecule has 1 aromatic heterocycles. The standard InChI is InChI=1S/C18H21N3O/c1-3-4-10-15-20-17-13(12-8-6-5-7-9-12)11-14(22)16(17)18(19-2)21-15/h5-9,13H,3-4,10-11H2,1-2H3,(H,19,20,21). The monoisotopic (exact) mass is 295 g/mol. The van der Waals surface area contributed by atoms with Crippen molar-refractivity contribution in [3.05, 3.63) is 53.0 Å². The van der Waals surface area contributed by atoms with Crippen LogP contribution >= 0.6 is 0 Å². The molecule has 0 amide bonds. The number of nitrogens with zero attached hydrogens (tertiary/aromatic N) is 2. The summed E-state index contributed by atoms with van der Waals surface area (Å²) in [6, 6.07) is 10.2. The van der Waals surface area contributed by atoms with E-state index in [2.05, 4.69) is 29.4 Å². The molecule has 1 unspecified atom stereocenters. The number of ketones is 1. The third-order valence-electron chi connectivity index (χ3n) is 4.17. The van der Waals surface area contributed by atoms with Crippen molar-refractivity contribution in [1.29, 1.82) is 0 Å². The number of aryl methyl sites for hydroxylation is 1. The summed E-state index contributed by atoms with van der Waals surface area (Å²) < 4.78 is 0. The van der Waals surface area contributed by atoms with Crippen LogP contribution in [0, 0.1) is 0 Å². The number of rotatable bonds is 5. The van der Waals surface area contributed by atoms with Gasteiger partial charge in [0.1, 0.15) is 11.6 Å². The van der Waals surface area contributed by atoms with Crippen LogP contribution in [0.5, 0.6) is 0 Å². The van der Waals surface area contributed by atoms with Crippen molar-refractivity contribution in [2.45, 2.75) is 38.5 Å². The maximum absolute atomic E-state index is 12.4. The molecular formula is C18H21N3O. The molecule has 2 aromatic rings. The molecule has 1 aliphatic carbocycles. The van der Waals surface area contributed by atoms with Crippen molar-refractivity contribution in [3.8, 4) is 0 Å². The molecular weight excluding hydrogens is 274 g/mol. The van der Waals surface area contributed by atoms with Crippen LogP contribution in [0.2, 0.25) is 0 Å². The van der Waals surface area contributed by atoms with Gasteiger partial charge in [0.05, 0.1) is 11.3 Å². The van der Waals surface area contributed by atoms with E-state index in [1.54, 1.807) is 0 Å². The first-order valence-electron chi connectivity index (χ1n) is 7.91. The summed E-state index contributed by atoms with van der Waals surface area (Å²) in [7, 11) is 1.81. The summed E-state index contributed by atoms with van der Waals surface area (Å²) in [6.45, 7) is 2.16. The molecule has 0 spiro atoms. The lowest BCUT2D eigenvalue weighted by atomic mass is 9.96. The van der Waals surface area contributed by atoms with E-state index in [9.17, 15) is 4.79 Å². The number of hydrogen-bond acceptors (Lipinski definition) is 4. The Morgan fingerprint density at radius 1 is 1.23 bits per heavy atom. The lowest BCUT2D eigenvalue weighted by Gasteiger charge is -2.13. The Kier molecular flexibility index (Phi) is 4.18. The number of aromatic nitrogens is 2. The first-order valence-corrected chi connectivity index (χ1v) is 7.91. The number of nitrogens with one attached hydrogen (secondary N) is 1. The van der Waals surface area contributed by atoms with E-state index in [1.807, 2.05) is 25.2 Å². The van der Waals surface area contributed by atoms with Crippen LogP contribution in [0.15, 0.2) is 30.3 Å². The summed E-state index contributed by atoms with van der Waals surface area (Å²) in [4.78, 5) is 21.7. The highest BCUT2D eigenvalue weighted by atomic mass is 16.1. The Morgan fingerprint density at radius 3 is 2.68 bits per heavy atom. The minimum atomic E-state index is 0.0548. The average Bonchev–Trinajstić information content (AvgIpc) is 2.90.